The highest BCUT2D eigenvalue weighted by atomic mass is 32.2. The second-order valence-corrected chi connectivity index (χ2v) is 8.68. The fraction of sp³-hybridized carbons (Fsp3) is 0.160. The van der Waals surface area contributed by atoms with Crippen LogP contribution in [-0.4, -0.2) is 25.8 Å². The first-order chi connectivity index (χ1) is 15.0. The van der Waals surface area contributed by atoms with Gasteiger partial charge in [-0.2, -0.15) is 0 Å². The fourth-order valence-electron chi connectivity index (χ4n) is 3.26. The van der Waals surface area contributed by atoms with Gasteiger partial charge in [-0.05, 0) is 43.7 Å². The summed E-state index contributed by atoms with van der Waals surface area (Å²) in [5.41, 5.74) is 3.65. The van der Waals surface area contributed by atoms with Crippen molar-refractivity contribution in [3.8, 4) is 11.4 Å². The summed E-state index contributed by atoms with van der Waals surface area (Å²) in [6.07, 6.45) is 0. The second-order valence-electron chi connectivity index (χ2n) is 7.38. The maximum atomic E-state index is 13.4. The van der Waals surface area contributed by atoms with Crippen molar-refractivity contribution in [1.82, 2.24) is 14.8 Å². The topological polar surface area (TPSA) is 47.8 Å². The highest BCUT2D eigenvalue weighted by Crippen LogP contribution is 2.29. The predicted molar refractivity (Wildman–Crippen MR) is 122 cm³/mol. The Morgan fingerprint density at radius 1 is 0.968 bits per heavy atom. The Bertz CT molecular complexity index is 1170. The summed E-state index contributed by atoms with van der Waals surface area (Å²) < 4.78 is 15.4. The minimum Gasteiger partial charge on any atom is -0.298 e. The molecule has 0 spiro atoms. The van der Waals surface area contributed by atoms with Crippen LogP contribution in [0.3, 0.4) is 0 Å². The summed E-state index contributed by atoms with van der Waals surface area (Å²) in [6, 6.07) is 23.8. The van der Waals surface area contributed by atoms with Gasteiger partial charge >= 0.3 is 0 Å². The number of benzene rings is 3. The third-order valence-corrected chi connectivity index (χ3v) is 6.07. The maximum Gasteiger partial charge on any atom is 0.192 e. The highest BCUT2D eigenvalue weighted by molar-refractivity contribution is 8.00. The van der Waals surface area contributed by atoms with Crippen LogP contribution < -0.4 is 0 Å². The molecule has 1 atom stereocenters. The van der Waals surface area contributed by atoms with Gasteiger partial charge in [-0.25, -0.2) is 4.39 Å². The molecule has 0 aliphatic heterocycles. The molecule has 1 heterocycles. The van der Waals surface area contributed by atoms with Crippen molar-refractivity contribution in [1.29, 1.82) is 0 Å². The lowest BCUT2D eigenvalue weighted by atomic mass is 10.1. The van der Waals surface area contributed by atoms with E-state index in [1.807, 2.05) is 73.0 Å². The SMILES string of the molecule is Cc1ccc(C(=O)C(C)Sc2nnc(-c3ccc(F)cc3)n2Cc2ccccc2)cc1. The molecule has 4 rings (SSSR count). The van der Waals surface area contributed by atoms with Crippen LogP contribution in [0.1, 0.15) is 28.4 Å². The molecule has 0 aliphatic carbocycles. The fourth-order valence-corrected chi connectivity index (χ4v) is 4.19. The predicted octanol–water partition coefficient (Wildman–Crippen LogP) is 5.80. The first-order valence-electron chi connectivity index (χ1n) is 10.0. The number of rotatable bonds is 7. The number of ketones is 1. The van der Waals surface area contributed by atoms with Gasteiger partial charge in [0.1, 0.15) is 5.82 Å². The smallest absolute Gasteiger partial charge is 0.192 e. The number of hydrogen-bond donors (Lipinski definition) is 0. The van der Waals surface area contributed by atoms with Crippen molar-refractivity contribution < 1.29 is 9.18 Å². The van der Waals surface area contributed by atoms with Crippen molar-refractivity contribution in [2.75, 3.05) is 0 Å². The van der Waals surface area contributed by atoms with Crippen molar-refractivity contribution in [3.05, 3.63) is 101 Å². The molecule has 0 bridgehead atoms. The van der Waals surface area contributed by atoms with Gasteiger partial charge in [0.2, 0.25) is 0 Å². The molecule has 6 heteroatoms. The average molecular weight is 432 g/mol. The van der Waals surface area contributed by atoms with E-state index in [0.29, 0.717) is 23.1 Å². The monoisotopic (exact) mass is 431 g/mol. The minimum atomic E-state index is -0.331. The van der Waals surface area contributed by atoms with Crippen molar-refractivity contribution in [2.24, 2.45) is 0 Å². The lowest BCUT2D eigenvalue weighted by Crippen LogP contribution is -2.15. The molecular weight excluding hydrogens is 409 g/mol. The summed E-state index contributed by atoms with van der Waals surface area (Å²) in [5.74, 6) is 0.383. The van der Waals surface area contributed by atoms with Crippen LogP contribution in [0, 0.1) is 12.7 Å². The van der Waals surface area contributed by atoms with E-state index < -0.39 is 0 Å². The molecule has 0 aliphatic rings. The number of halogens is 1. The van der Waals surface area contributed by atoms with E-state index >= 15 is 0 Å². The van der Waals surface area contributed by atoms with Crippen molar-refractivity contribution in [2.45, 2.75) is 30.8 Å². The standard InChI is InChI=1S/C25H22FN3OS/c1-17-8-10-20(11-9-17)23(30)18(2)31-25-28-27-24(21-12-14-22(26)15-13-21)29(25)16-19-6-4-3-5-7-19/h3-15,18H,16H2,1-2H3. The lowest BCUT2D eigenvalue weighted by molar-refractivity contribution is 0.0994. The molecule has 4 nitrogen and oxygen atoms in total. The molecule has 0 amide bonds. The molecule has 156 valence electrons. The third-order valence-electron chi connectivity index (χ3n) is 4.99. The Labute approximate surface area is 185 Å². The number of Topliss-reactive ketones (excluding diaryl/α,β-unsaturated/α-hetero) is 1. The van der Waals surface area contributed by atoms with Crippen molar-refractivity contribution >= 4 is 17.5 Å². The zero-order valence-electron chi connectivity index (χ0n) is 17.3. The van der Waals surface area contributed by atoms with Gasteiger partial charge in [-0.3, -0.25) is 9.36 Å². The first-order valence-corrected chi connectivity index (χ1v) is 10.9. The third kappa shape index (κ3) is 4.91. The highest BCUT2D eigenvalue weighted by Gasteiger charge is 2.22. The van der Waals surface area contributed by atoms with E-state index in [1.54, 1.807) is 12.1 Å². The van der Waals surface area contributed by atoms with Gasteiger partial charge < -0.3 is 0 Å². The summed E-state index contributed by atoms with van der Waals surface area (Å²) in [4.78, 5) is 12.9. The van der Waals surface area contributed by atoms with Gasteiger partial charge in [0.25, 0.3) is 0 Å². The molecular formula is C25H22FN3OS. The molecule has 0 saturated carbocycles. The molecule has 0 N–H and O–H groups in total. The average Bonchev–Trinajstić information content (AvgIpc) is 3.17. The van der Waals surface area contributed by atoms with Crippen LogP contribution >= 0.6 is 11.8 Å². The van der Waals surface area contributed by atoms with Gasteiger partial charge in [0, 0.05) is 11.1 Å². The zero-order chi connectivity index (χ0) is 21.8. The molecule has 1 unspecified atom stereocenters. The van der Waals surface area contributed by atoms with E-state index in [0.717, 1.165) is 16.7 Å². The number of carbonyl (C=O) groups is 1. The maximum absolute atomic E-state index is 13.4. The Morgan fingerprint density at radius 2 is 1.65 bits per heavy atom. The normalized spacial score (nSPS) is 12.0. The number of nitrogens with zero attached hydrogens (tertiary/aromatic N) is 3. The van der Waals surface area contributed by atoms with E-state index in [9.17, 15) is 9.18 Å². The summed E-state index contributed by atoms with van der Waals surface area (Å²) in [7, 11) is 0. The Hall–Kier alpha value is -3.25. The molecule has 31 heavy (non-hydrogen) atoms. The first kappa shape index (κ1) is 21.0. The molecule has 0 radical (unpaired) electrons. The Kier molecular flexibility index (Phi) is 6.28. The minimum absolute atomic E-state index is 0.0441. The molecule has 0 saturated heterocycles. The van der Waals surface area contributed by atoms with Gasteiger partial charge in [0.05, 0.1) is 11.8 Å². The molecule has 3 aromatic carbocycles. The summed E-state index contributed by atoms with van der Waals surface area (Å²) >= 11 is 1.38. The van der Waals surface area contributed by atoms with Crippen LogP contribution in [0.2, 0.25) is 0 Å². The van der Waals surface area contributed by atoms with E-state index in [1.165, 1.54) is 23.9 Å². The zero-order valence-corrected chi connectivity index (χ0v) is 18.1. The van der Waals surface area contributed by atoms with Crippen molar-refractivity contribution in [3.63, 3.8) is 0 Å². The van der Waals surface area contributed by atoms with E-state index in [-0.39, 0.29) is 16.9 Å². The van der Waals surface area contributed by atoms with E-state index in [2.05, 4.69) is 10.2 Å². The van der Waals surface area contributed by atoms with Gasteiger partial charge in [-0.15, -0.1) is 10.2 Å². The van der Waals surface area contributed by atoms with Gasteiger partial charge in [-0.1, -0.05) is 71.9 Å². The lowest BCUT2D eigenvalue weighted by Gasteiger charge is -2.13. The molecule has 1 aromatic heterocycles. The second kappa shape index (κ2) is 9.27. The van der Waals surface area contributed by atoms with Crippen LogP contribution in [0.15, 0.2) is 84.0 Å². The van der Waals surface area contributed by atoms with Crippen LogP contribution in [0.5, 0.6) is 0 Å². The number of carbonyl (C=O) groups excluding carboxylic acids is 1. The van der Waals surface area contributed by atoms with Crippen LogP contribution in [0.25, 0.3) is 11.4 Å². The molecule has 4 aromatic rings. The number of aryl methyl sites for hydroxylation is 1. The van der Waals surface area contributed by atoms with Crippen LogP contribution in [-0.2, 0) is 6.54 Å². The van der Waals surface area contributed by atoms with E-state index in [4.69, 9.17) is 0 Å². The number of thioether (sulfide) groups is 1. The molecule has 0 fully saturated rings. The quantitative estimate of drug-likeness (QED) is 0.274. The number of aromatic nitrogens is 3. The Morgan fingerprint density at radius 3 is 2.32 bits per heavy atom. The number of hydrogen-bond acceptors (Lipinski definition) is 4. The summed E-state index contributed by atoms with van der Waals surface area (Å²) in [5, 5.41) is 9.06. The van der Waals surface area contributed by atoms with Gasteiger partial charge in [0.15, 0.2) is 16.8 Å². The summed E-state index contributed by atoms with van der Waals surface area (Å²) in [6.45, 7) is 4.43. The van der Waals surface area contributed by atoms with Crippen LogP contribution in [0.4, 0.5) is 4.39 Å². The largest absolute Gasteiger partial charge is 0.298 e. The Balaban J connectivity index is 1.65.